The Bertz CT molecular complexity index is 1430. The number of carbonyl (C=O) groups is 5. The molecule has 0 saturated carbocycles. The van der Waals surface area contributed by atoms with Gasteiger partial charge in [0.2, 0.25) is 23.6 Å². The quantitative estimate of drug-likeness (QED) is 0.0977. The van der Waals surface area contributed by atoms with E-state index in [9.17, 15) is 24.0 Å². The molecule has 4 amide bonds. The number of ether oxygens (including phenoxy) is 1. The van der Waals surface area contributed by atoms with Crippen LogP contribution in [-0.2, 0) is 35.1 Å². The molecule has 1 aliphatic heterocycles. The lowest BCUT2D eigenvalue weighted by atomic mass is 9.88. The van der Waals surface area contributed by atoms with Crippen molar-refractivity contribution in [1.29, 1.82) is 0 Å². The molecule has 13 nitrogen and oxygen atoms in total. The van der Waals surface area contributed by atoms with Crippen LogP contribution in [0.4, 0.5) is 0 Å². The molecule has 280 valence electrons. The van der Waals surface area contributed by atoms with Crippen molar-refractivity contribution >= 4 is 29.6 Å². The fourth-order valence-corrected chi connectivity index (χ4v) is 6.27. The van der Waals surface area contributed by atoms with Crippen molar-refractivity contribution in [3.63, 3.8) is 0 Å². The van der Waals surface area contributed by atoms with E-state index in [4.69, 9.17) is 21.9 Å². The van der Waals surface area contributed by atoms with E-state index in [1.165, 1.54) is 7.11 Å². The van der Waals surface area contributed by atoms with E-state index in [2.05, 4.69) is 16.0 Å². The molecule has 2 aromatic carbocycles. The number of amides is 4. The molecule has 3 rings (SSSR count). The zero-order valence-corrected chi connectivity index (χ0v) is 30.4. The minimum absolute atomic E-state index is 0.00726. The summed E-state index contributed by atoms with van der Waals surface area (Å²) in [5.74, 6) is -2.68. The first-order valence-corrected chi connectivity index (χ1v) is 17.9. The number of benzene rings is 2. The van der Waals surface area contributed by atoms with Gasteiger partial charge in [0, 0.05) is 25.4 Å². The largest absolute Gasteiger partial charge is 0.468 e. The Morgan fingerprint density at radius 2 is 1.35 bits per heavy atom. The van der Waals surface area contributed by atoms with Gasteiger partial charge < -0.3 is 42.8 Å². The Hall–Kier alpha value is -4.33. The molecule has 13 heteroatoms. The van der Waals surface area contributed by atoms with Crippen molar-refractivity contribution in [2.24, 2.45) is 23.1 Å². The summed E-state index contributed by atoms with van der Waals surface area (Å²) in [4.78, 5) is 69.0. The number of rotatable bonds is 18. The highest BCUT2D eigenvalue weighted by atomic mass is 16.5. The van der Waals surface area contributed by atoms with E-state index in [0.717, 1.165) is 11.1 Å². The first-order valence-electron chi connectivity index (χ1n) is 17.9. The van der Waals surface area contributed by atoms with Crippen molar-refractivity contribution in [1.82, 2.24) is 20.9 Å². The minimum Gasteiger partial charge on any atom is -0.468 e. The van der Waals surface area contributed by atoms with Gasteiger partial charge in [0.15, 0.2) is 0 Å². The van der Waals surface area contributed by atoms with Crippen molar-refractivity contribution in [2.75, 3.05) is 26.7 Å². The maximum atomic E-state index is 14.0. The third-order valence-corrected chi connectivity index (χ3v) is 9.54. The van der Waals surface area contributed by atoms with Crippen molar-refractivity contribution in [3.05, 3.63) is 71.8 Å². The van der Waals surface area contributed by atoms with E-state index < -0.39 is 53.4 Å². The number of carbonyl (C=O) groups excluding carboxylic acids is 5. The number of nitrogens with one attached hydrogen (secondary N) is 3. The molecule has 2 aromatic rings. The molecule has 5 atom stereocenters. The summed E-state index contributed by atoms with van der Waals surface area (Å²) in [5.41, 5.74) is 18.9. The van der Waals surface area contributed by atoms with E-state index in [-0.39, 0.29) is 56.5 Å². The van der Waals surface area contributed by atoms with Crippen molar-refractivity contribution in [3.8, 4) is 0 Å². The average molecular weight is 708 g/mol. The Balaban J connectivity index is 1.79. The van der Waals surface area contributed by atoms with Crippen molar-refractivity contribution < 1.29 is 28.7 Å². The molecular formula is C38H57N7O6. The maximum absolute atomic E-state index is 14.0. The highest BCUT2D eigenvalue weighted by Crippen LogP contribution is 2.23. The number of hydrogen-bond donors (Lipinski definition) is 6. The van der Waals surface area contributed by atoms with Crippen LogP contribution in [0.15, 0.2) is 60.7 Å². The fraction of sp³-hybridized carbons (Fsp3) is 0.553. The second-order valence-corrected chi connectivity index (χ2v) is 14.0. The van der Waals surface area contributed by atoms with Gasteiger partial charge in [-0.2, -0.15) is 0 Å². The molecule has 0 aliphatic carbocycles. The second-order valence-electron chi connectivity index (χ2n) is 14.0. The first-order chi connectivity index (χ1) is 24.3. The van der Waals surface area contributed by atoms with Gasteiger partial charge in [0.25, 0.3) is 0 Å². The van der Waals surface area contributed by atoms with Crippen LogP contribution >= 0.6 is 0 Å². The molecule has 51 heavy (non-hydrogen) atoms. The van der Waals surface area contributed by atoms with Crippen LogP contribution in [0.2, 0.25) is 0 Å². The van der Waals surface area contributed by atoms with Gasteiger partial charge in [-0.3, -0.25) is 24.0 Å². The van der Waals surface area contributed by atoms with Crippen LogP contribution in [0.25, 0.3) is 0 Å². The molecule has 1 fully saturated rings. The standard InChI is InChI=1S/C38H57N7O6/c1-25(2)23-30(33(46)42-29(17-11-12-20-39)36(49)45-21-18-38(41,19-22-45)37(50)51-4)43-34(47)31(24-27-13-7-5-8-14-27)44-35(48)32(40)26(3)28-15-9-6-10-16-28/h5-10,13-16,25-26,29-32H,11-12,17-24,39-41H2,1-4H3,(H,42,46)(H,43,47)(H,44,48)/t26-,29-,30-,31-,32-/m1/s1. The first kappa shape index (κ1) is 41.1. The molecule has 1 saturated heterocycles. The molecule has 0 radical (unpaired) electrons. The van der Waals surface area contributed by atoms with Gasteiger partial charge in [0.05, 0.1) is 13.2 Å². The van der Waals surface area contributed by atoms with Gasteiger partial charge in [0.1, 0.15) is 23.7 Å². The SMILES string of the molecule is COC(=O)C1(N)CCN(C(=O)[C@@H](CCCCN)NC(=O)[C@@H](CC(C)C)NC(=O)[C@@H](Cc2ccccc2)NC(=O)[C@H](N)[C@H](C)c2ccccc2)CC1. The third-order valence-electron chi connectivity index (χ3n) is 9.54. The van der Waals surface area contributed by atoms with Crippen LogP contribution in [0.1, 0.15) is 76.3 Å². The number of esters is 1. The van der Waals surface area contributed by atoms with Crippen LogP contribution < -0.4 is 33.2 Å². The van der Waals surface area contributed by atoms with Gasteiger partial charge in [-0.25, -0.2) is 0 Å². The van der Waals surface area contributed by atoms with Crippen LogP contribution in [-0.4, -0.2) is 90.9 Å². The monoisotopic (exact) mass is 707 g/mol. The Kier molecular flexibility index (Phi) is 16.0. The van der Waals surface area contributed by atoms with Gasteiger partial charge in [-0.05, 0) is 62.1 Å². The lowest BCUT2D eigenvalue weighted by molar-refractivity contribution is -0.151. The van der Waals surface area contributed by atoms with E-state index >= 15 is 0 Å². The van der Waals surface area contributed by atoms with E-state index in [1.54, 1.807) is 4.90 Å². The predicted molar refractivity (Wildman–Crippen MR) is 196 cm³/mol. The van der Waals surface area contributed by atoms with Crippen molar-refractivity contribution in [2.45, 2.75) is 101 Å². The van der Waals surface area contributed by atoms with Crippen LogP contribution in [0, 0.1) is 5.92 Å². The van der Waals surface area contributed by atoms with E-state index in [1.807, 2.05) is 81.4 Å². The number of likely N-dealkylation sites (tertiary alicyclic amines) is 1. The molecule has 0 spiro atoms. The zero-order valence-electron chi connectivity index (χ0n) is 30.4. The number of nitrogens with zero attached hydrogens (tertiary/aromatic N) is 1. The smallest absolute Gasteiger partial charge is 0.325 e. The lowest BCUT2D eigenvalue weighted by Crippen LogP contribution is -2.61. The number of methoxy groups -OCH3 is 1. The number of unbranched alkanes of at least 4 members (excludes halogenated alkanes) is 1. The molecule has 9 N–H and O–H groups in total. The summed E-state index contributed by atoms with van der Waals surface area (Å²) >= 11 is 0. The summed E-state index contributed by atoms with van der Waals surface area (Å²) in [5, 5.41) is 8.62. The lowest BCUT2D eigenvalue weighted by Gasteiger charge is -2.38. The molecule has 0 bridgehead atoms. The maximum Gasteiger partial charge on any atom is 0.325 e. The summed E-state index contributed by atoms with van der Waals surface area (Å²) in [7, 11) is 1.28. The summed E-state index contributed by atoms with van der Waals surface area (Å²) < 4.78 is 4.85. The second kappa shape index (κ2) is 19.9. The summed E-state index contributed by atoms with van der Waals surface area (Å²) in [6.45, 7) is 6.60. The molecule has 0 aromatic heterocycles. The van der Waals surface area contributed by atoms with Gasteiger partial charge in [-0.1, -0.05) is 81.4 Å². The highest BCUT2D eigenvalue weighted by molar-refractivity contribution is 5.95. The minimum atomic E-state index is -1.17. The average Bonchev–Trinajstić information content (AvgIpc) is 3.13. The molecular weight excluding hydrogens is 650 g/mol. The highest BCUT2D eigenvalue weighted by Gasteiger charge is 2.41. The van der Waals surface area contributed by atoms with Crippen LogP contribution in [0.3, 0.4) is 0 Å². The Morgan fingerprint density at radius 1 is 0.804 bits per heavy atom. The molecule has 1 heterocycles. The molecule has 0 unspecified atom stereocenters. The third kappa shape index (κ3) is 12.1. The van der Waals surface area contributed by atoms with Gasteiger partial charge >= 0.3 is 5.97 Å². The zero-order chi connectivity index (χ0) is 37.6. The Morgan fingerprint density at radius 3 is 1.92 bits per heavy atom. The number of nitrogens with two attached hydrogens (primary N) is 3. The van der Waals surface area contributed by atoms with E-state index in [0.29, 0.717) is 25.8 Å². The Labute approximate surface area is 301 Å². The number of piperidine rings is 1. The summed E-state index contributed by atoms with van der Waals surface area (Å²) in [6.07, 6.45) is 2.51. The normalized spacial score (nSPS) is 17.0. The topological polar surface area (TPSA) is 212 Å². The number of hydrogen-bond acceptors (Lipinski definition) is 9. The summed E-state index contributed by atoms with van der Waals surface area (Å²) in [6, 6.07) is 14.9. The fourth-order valence-electron chi connectivity index (χ4n) is 6.27. The van der Waals surface area contributed by atoms with Crippen LogP contribution in [0.5, 0.6) is 0 Å². The van der Waals surface area contributed by atoms with Gasteiger partial charge in [-0.15, -0.1) is 0 Å². The predicted octanol–water partition coefficient (Wildman–Crippen LogP) is 1.48. The molecule has 1 aliphatic rings.